The topological polar surface area (TPSA) is 83.8 Å². The maximum Gasteiger partial charge on any atom is 0.223 e. The summed E-state index contributed by atoms with van der Waals surface area (Å²) in [4.78, 5) is 0.105. The lowest BCUT2D eigenvalue weighted by atomic mass is 10.2. The van der Waals surface area contributed by atoms with Crippen LogP contribution in [-0.4, -0.2) is 31.0 Å². The second-order valence-corrected chi connectivity index (χ2v) is 4.49. The fourth-order valence-corrected chi connectivity index (χ4v) is 1.48. The van der Waals surface area contributed by atoms with Gasteiger partial charge in [0.2, 0.25) is 6.29 Å². The number of aryl methyl sites for hydroxylation is 1. The minimum Gasteiger partial charge on any atom is -0.462 e. The third-order valence-corrected chi connectivity index (χ3v) is 2.74. The van der Waals surface area contributed by atoms with Crippen molar-refractivity contribution >= 4 is 10.7 Å². The van der Waals surface area contributed by atoms with Crippen LogP contribution in [0, 0.1) is 6.92 Å². The largest absolute Gasteiger partial charge is 0.462 e. The summed E-state index contributed by atoms with van der Waals surface area (Å²) < 4.78 is 26.5. The molecule has 16 heavy (non-hydrogen) atoms. The van der Waals surface area contributed by atoms with Gasteiger partial charge in [-0.05, 0) is 31.5 Å². The highest BCUT2D eigenvalue weighted by Crippen LogP contribution is 2.21. The molecule has 0 heterocycles. The molecule has 5 nitrogen and oxygen atoms in total. The van der Waals surface area contributed by atoms with E-state index in [1.165, 1.54) is 19.1 Å². The molecule has 1 aromatic rings. The highest BCUT2D eigenvalue weighted by atomic mass is 32.2. The van der Waals surface area contributed by atoms with E-state index in [0.29, 0.717) is 5.56 Å². The zero-order valence-corrected chi connectivity index (χ0v) is 9.85. The van der Waals surface area contributed by atoms with Crippen LogP contribution >= 0.6 is 0 Å². The number of ether oxygens (including phenoxy) is 1. The van der Waals surface area contributed by atoms with Gasteiger partial charge in [-0.1, -0.05) is 6.07 Å². The van der Waals surface area contributed by atoms with E-state index in [9.17, 15) is 13.5 Å². The Labute approximate surface area is 95.3 Å². The molecular weight excluding hydrogens is 232 g/mol. The van der Waals surface area contributed by atoms with Gasteiger partial charge < -0.3 is 14.9 Å². The lowest BCUT2D eigenvalue weighted by Gasteiger charge is -2.17. The Hall–Kier alpha value is -1.11. The molecule has 0 saturated heterocycles. The molecule has 1 rings (SSSR count). The Morgan fingerprint density at radius 1 is 1.31 bits per heavy atom. The first-order chi connectivity index (χ1) is 7.41. The minimum absolute atomic E-state index is 0.105. The fourth-order valence-electron chi connectivity index (χ4n) is 1.06. The van der Waals surface area contributed by atoms with Crippen LogP contribution in [0.2, 0.25) is 0 Å². The maximum atomic E-state index is 10.8. The molecule has 90 valence electrons. The van der Waals surface area contributed by atoms with Crippen LogP contribution < -0.4 is 4.74 Å². The van der Waals surface area contributed by atoms with Gasteiger partial charge >= 0.3 is 0 Å². The van der Waals surface area contributed by atoms with Crippen molar-refractivity contribution in [3.63, 3.8) is 0 Å². The molecule has 6 heteroatoms. The number of thiol groups is 1. The van der Waals surface area contributed by atoms with Gasteiger partial charge in [-0.3, -0.25) is 0 Å². The van der Waals surface area contributed by atoms with Crippen molar-refractivity contribution in [2.75, 3.05) is 0 Å². The SMILES string of the molecule is Cc1ccc([SH](=O)=O)cc1OC(O)C(C)O. The summed E-state index contributed by atoms with van der Waals surface area (Å²) >= 11 is 0. The first-order valence-electron chi connectivity index (χ1n) is 4.69. The van der Waals surface area contributed by atoms with Crippen LogP contribution in [0.25, 0.3) is 0 Å². The second-order valence-electron chi connectivity index (χ2n) is 3.46. The van der Waals surface area contributed by atoms with Crippen LogP contribution in [0.1, 0.15) is 12.5 Å². The quantitative estimate of drug-likeness (QED) is 0.516. The van der Waals surface area contributed by atoms with Gasteiger partial charge in [0.25, 0.3) is 0 Å². The van der Waals surface area contributed by atoms with Crippen LogP contribution in [0.3, 0.4) is 0 Å². The highest BCUT2D eigenvalue weighted by molar-refractivity contribution is 7.72. The van der Waals surface area contributed by atoms with Crippen molar-refractivity contribution < 1.29 is 23.4 Å². The summed E-state index contributed by atoms with van der Waals surface area (Å²) in [6.07, 6.45) is -2.43. The van der Waals surface area contributed by atoms with Crippen LogP contribution in [0.5, 0.6) is 5.75 Å². The number of aliphatic hydroxyl groups excluding tert-OH is 2. The van der Waals surface area contributed by atoms with Crippen LogP contribution in [-0.2, 0) is 10.7 Å². The van der Waals surface area contributed by atoms with E-state index in [-0.39, 0.29) is 10.6 Å². The predicted octanol–water partition coefficient (Wildman–Crippen LogP) is 0.0433. The van der Waals surface area contributed by atoms with E-state index in [4.69, 9.17) is 9.84 Å². The number of hydrogen-bond donors (Lipinski definition) is 3. The molecule has 2 atom stereocenters. The first-order valence-corrected chi connectivity index (χ1v) is 5.87. The Morgan fingerprint density at radius 2 is 1.94 bits per heavy atom. The average Bonchev–Trinajstić information content (AvgIpc) is 2.20. The molecule has 0 amide bonds. The zero-order valence-electron chi connectivity index (χ0n) is 8.95. The van der Waals surface area contributed by atoms with Gasteiger partial charge in [0.05, 0.1) is 4.90 Å². The van der Waals surface area contributed by atoms with Crippen LogP contribution in [0.4, 0.5) is 0 Å². The van der Waals surface area contributed by atoms with E-state index in [1.54, 1.807) is 13.0 Å². The molecule has 2 unspecified atom stereocenters. The normalized spacial score (nSPS) is 14.8. The van der Waals surface area contributed by atoms with Gasteiger partial charge in [0, 0.05) is 0 Å². The van der Waals surface area contributed by atoms with Gasteiger partial charge in [0.1, 0.15) is 11.9 Å². The smallest absolute Gasteiger partial charge is 0.223 e. The van der Waals surface area contributed by atoms with E-state index in [1.807, 2.05) is 0 Å². The van der Waals surface area contributed by atoms with Crippen molar-refractivity contribution in [2.24, 2.45) is 0 Å². The second kappa shape index (κ2) is 5.29. The van der Waals surface area contributed by atoms with Gasteiger partial charge in [-0.15, -0.1) is 0 Å². The third kappa shape index (κ3) is 3.19. The van der Waals surface area contributed by atoms with Gasteiger partial charge in [0.15, 0.2) is 10.7 Å². The summed E-state index contributed by atoms with van der Waals surface area (Å²) in [5.74, 6) is 0.241. The van der Waals surface area contributed by atoms with Gasteiger partial charge in [-0.25, -0.2) is 8.42 Å². The zero-order chi connectivity index (χ0) is 12.3. The molecule has 1 aromatic carbocycles. The van der Waals surface area contributed by atoms with Crippen molar-refractivity contribution in [3.8, 4) is 5.75 Å². The van der Waals surface area contributed by atoms with Crippen molar-refractivity contribution in [2.45, 2.75) is 31.1 Å². The van der Waals surface area contributed by atoms with E-state index >= 15 is 0 Å². The maximum absolute atomic E-state index is 10.8. The third-order valence-electron chi connectivity index (χ3n) is 2.04. The monoisotopic (exact) mass is 246 g/mol. The minimum atomic E-state index is -2.69. The Kier molecular flexibility index (Phi) is 4.28. The Morgan fingerprint density at radius 3 is 2.44 bits per heavy atom. The molecule has 0 aromatic heterocycles. The molecule has 0 fully saturated rings. The lowest BCUT2D eigenvalue weighted by molar-refractivity contribution is -0.0962. The Balaban J connectivity index is 2.99. The number of hydrogen-bond acceptors (Lipinski definition) is 5. The summed E-state index contributed by atoms with van der Waals surface area (Å²) in [6.45, 7) is 3.09. The van der Waals surface area contributed by atoms with E-state index < -0.39 is 23.1 Å². The molecule has 0 spiro atoms. The molecule has 2 N–H and O–H groups in total. The number of benzene rings is 1. The lowest BCUT2D eigenvalue weighted by Crippen LogP contribution is -2.28. The molecule has 0 bridgehead atoms. The average molecular weight is 246 g/mol. The van der Waals surface area contributed by atoms with Crippen LogP contribution in [0.15, 0.2) is 23.1 Å². The molecular formula is C10H14O5S. The fraction of sp³-hybridized carbons (Fsp3) is 0.400. The summed E-state index contributed by atoms with van der Waals surface area (Å²) in [5, 5.41) is 18.4. The molecule has 0 saturated carbocycles. The standard InChI is InChI=1S/C10H14O5S/c1-6-3-4-8(16(13)14)5-9(6)15-10(12)7(2)11/h3-5,7,10-12,16H,1-2H3. The highest BCUT2D eigenvalue weighted by Gasteiger charge is 2.14. The molecule has 0 radical (unpaired) electrons. The number of aliphatic hydroxyl groups is 2. The van der Waals surface area contributed by atoms with E-state index in [2.05, 4.69) is 0 Å². The summed E-state index contributed by atoms with van der Waals surface area (Å²) in [5.41, 5.74) is 0.681. The molecule has 0 aliphatic carbocycles. The van der Waals surface area contributed by atoms with Gasteiger partial charge in [-0.2, -0.15) is 0 Å². The predicted molar refractivity (Wildman–Crippen MR) is 58.1 cm³/mol. The van der Waals surface area contributed by atoms with Crippen molar-refractivity contribution in [1.82, 2.24) is 0 Å². The summed E-state index contributed by atoms with van der Waals surface area (Å²) in [6, 6.07) is 4.33. The molecule has 0 aliphatic heterocycles. The Bertz CT molecular complexity index is 431. The van der Waals surface area contributed by atoms with Crippen molar-refractivity contribution in [3.05, 3.63) is 23.8 Å². The molecule has 0 aliphatic rings. The van der Waals surface area contributed by atoms with Crippen molar-refractivity contribution in [1.29, 1.82) is 0 Å². The first kappa shape index (κ1) is 13.0. The van der Waals surface area contributed by atoms with E-state index in [0.717, 1.165) is 0 Å². The number of rotatable bonds is 4. The summed E-state index contributed by atoms with van der Waals surface area (Å²) in [7, 11) is -2.69.